The van der Waals surface area contributed by atoms with Gasteiger partial charge < -0.3 is 0 Å². The lowest BCUT2D eigenvalue weighted by Gasteiger charge is -2.10. The molecule has 0 saturated heterocycles. The van der Waals surface area contributed by atoms with Gasteiger partial charge >= 0.3 is 5.56 Å². The van der Waals surface area contributed by atoms with Crippen LogP contribution >= 0.6 is 11.8 Å². The Morgan fingerprint density at radius 1 is 1.26 bits per heavy atom. The first-order valence-electron chi connectivity index (χ1n) is 7.28. The summed E-state index contributed by atoms with van der Waals surface area (Å²) in [5.41, 5.74) is 4.29. The van der Waals surface area contributed by atoms with E-state index in [2.05, 4.69) is 22.8 Å². The highest BCUT2D eigenvalue weighted by molar-refractivity contribution is 7.99. The Labute approximate surface area is 138 Å². The predicted molar refractivity (Wildman–Crippen MR) is 93.6 cm³/mol. The maximum absolute atomic E-state index is 12.7. The average molecular weight is 326 g/mol. The zero-order chi connectivity index (χ0) is 16.6. The third-order valence-corrected chi connectivity index (χ3v) is 4.67. The maximum Gasteiger partial charge on any atom is 0.300 e. The molecule has 3 aromatic rings. The molecule has 0 N–H and O–H groups in total. The first-order valence-corrected chi connectivity index (χ1v) is 8.27. The van der Waals surface area contributed by atoms with Crippen molar-refractivity contribution in [3.05, 3.63) is 64.2 Å². The van der Waals surface area contributed by atoms with Crippen molar-refractivity contribution in [3.8, 4) is 5.69 Å². The molecule has 1 aromatic carbocycles. The van der Waals surface area contributed by atoms with E-state index >= 15 is 0 Å². The largest absolute Gasteiger partial charge is 0.300 e. The van der Waals surface area contributed by atoms with Gasteiger partial charge in [0.25, 0.3) is 0 Å². The summed E-state index contributed by atoms with van der Waals surface area (Å²) < 4.78 is 3.35. The molecule has 5 nitrogen and oxygen atoms in total. The van der Waals surface area contributed by atoms with Crippen LogP contribution in [0.15, 0.2) is 52.7 Å². The summed E-state index contributed by atoms with van der Waals surface area (Å²) in [6, 6.07) is 6.01. The lowest BCUT2D eigenvalue weighted by molar-refractivity contribution is 0.891. The highest BCUT2D eigenvalue weighted by Crippen LogP contribution is 2.19. The van der Waals surface area contributed by atoms with Crippen molar-refractivity contribution in [1.82, 2.24) is 19.2 Å². The molecule has 0 aliphatic rings. The molecule has 0 amide bonds. The Balaban J connectivity index is 2.10. The summed E-state index contributed by atoms with van der Waals surface area (Å²) in [5, 5.41) is 8.88. The number of nitrogens with zero attached hydrogens (tertiary/aromatic N) is 4. The maximum atomic E-state index is 12.7. The van der Waals surface area contributed by atoms with Crippen LogP contribution in [0.25, 0.3) is 11.3 Å². The van der Waals surface area contributed by atoms with Gasteiger partial charge in [0, 0.05) is 18.1 Å². The fourth-order valence-electron chi connectivity index (χ4n) is 2.42. The zero-order valence-electron chi connectivity index (χ0n) is 13.4. The number of aryl methyl sites for hydroxylation is 2. The number of thioether (sulfide) groups is 1. The molecule has 2 aromatic heterocycles. The summed E-state index contributed by atoms with van der Waals surface area (Å²) in [7, 11) is 0. The van der Waals surface area contributed by atoms with Gasteiger partial charge in [-0.3, -0.25) is 13.8 Å². The fraction of sp³-hybridized carbons (Fsp3) is 0.235. The molecule has 0 spiro atoms. The Bertz CT molecular complexity index is 955. The van der Waals surface area contributed by atoms with E-state index in [0.717, 1.165) is 22.6 Å². The van der Waals surface area contributed by atoms with E-state index in [1.807, 2.05) is 39.1 Å². The average Bonchev–Trinajstić information content (AvgIpc) is 2.90. The molecule has 0 fully saturated rings. The summed E-state index contributed by atoms with van der Waals surface area (Å²) in [6.07, 6.45) is 3.60. The zero-order valence-corrected chi connectivity index (χ0v) is 14.2. The fourth-order valence-corrected chi connectivity index (χ4v) is 3.18. The van der Waals surface area contributed by atoms with E-state index in [0.29, 0.717) is 10.8 Å². The molecule has 0 saturated carbocycles. The standard InChI is InChI=1S/C17H18N4OS/c1-11(2)10-23-17-19-18-15-16(22)20(7-8-21(15)17)14-6-5-12(3)9-13(14)4/h5-9H,1,10H2,2-4H3. The predicted octanol–water partition coefficient (Wildman–Crippen LogP) is 3.17. The monoisotopic (exact) mass is 326 g/mol. The van der Waals surface area contributed by atoms with Gasteiger partial charge in [0.15, 0.2) is 5.16 Å². The normalized spacial score (nSPS) is 11.1. The Kier molecular flexibility index (Phi) is 4.09. The minimum absolute atomic E-state index is 0.172. The summed E-state index contributed by atoms with van der Waals surface area (Å²) in [6.45, 7) is 9.87. The Hall–Kier alpha value is -2.34. The van der Waals surface area contributed by atoms with E-state index in [-0.39, 0.29) is 5.56 Å². The third kappa shape index (κ3) is 2.94. The van der Waals surface area contributed by atoms with Gasteiger partial charge in [0.05, 0.1) is 5.69 Å². The van der Waals surface area contributed by atoms with Gasteiger partial charge in [-0.2, -0.15) is 0 Å². The number of fused-ring (bicyclic) bond motifs is 1. The van der Waals surface area contributed by atoms with Crippen LogP contribution in [-0.2, 0) is 0 Å². The summed E-state index contributed by atoms with van der Waals surface area (Å²) in [5.74, 6) is 0.751. The van der Waals surface area contributed by atoms with E-state index in [1.54, 1.807) is 15.2 Å². The quantitative estimate of drug-likeness (QED) is 0.546. The van der Waals surface area contributed by atoms with Gasteiger partial charge in [-0.25, -0.2) is 0 Å². The molecule has 0 aliphatic carbocycles. The number of hydrogen-bond acceptors (Lipinski definition) is 4. The van der Waals surface area contributed by atoms with E-state index in [4.69, 9.17) is 0 Å². The van der Waals surface area contributed by atoms with Crippen LogP contribution in [0.1, 0.15) is 18.1 Å². The molecule has 2 heterocycles. The van der Waals surface area contributed by atoms with Crippen molar-refractivity contribution in [1.29, 1.82) is 0 Å². The molecule has 6 heteroatoms. The molecule has 118 valence electrons. The van der Waals surface area contributed by atoms with Gasteiger partial charge in [-0.1, -0.05) is 41.6 Å². The molecule has 23 heavy (non-hydrogen) atoms. The van der Waals surface area contributed by atoms with E-state index in [9.17, 15) is 4.79 Å². The second kappa shape index (κ2) is 6.04. The molecule has 0 bridgehead atoms. The first-order chi connectivity index (χ1) is 11.0. The van der Waals surface area contributed by atoms with Gasteiger partial charge in [0.1, 0.15) is 0 Å². The van der Waals surface area contributed by atoms with Crippen molar-refractivity contribution in [2.45, 2.75) is 25.9 Å². The van der Waals surface area contributed by atoms with Crippen molar-refractivity contribution in [2.24, 2.45) is 0 Å². The van der Waals surface area contributed by atoms with Crippen molar-refractivity contribution < 1.29 is 0 Å². The summed E-state index contributed by atoms with van der Waals surface area (Å²) >= 11 is 1.52. The SMILES string of the molecule is C=C(C)CSc1nnc2c(=O)n(-c3ccc(C)cc3C)ccn12. The first kappa shape index (κ1) is 15.6. The van der Waals surface area contributed by atoms with Crippen LogP contribution < -0.4 is 5.56 Å². The van der Waals surface area contributed by atoms with Crippen LogP contribution in [0.5, 0.6) is 0 Å². The second-order valence-electron chi connectivity index (χ2n) is 5.69. The third-order valence-electron chi connectivity index (χ3n) is 3.50. The van der Waals surface area contributed by atoms with Crippen molar-refractivity contribution >= 4 is 17.4 Å². The second-order valence-corrected chi connectivity index (χ2v) is 6.63. The number of benzene rings is 1. The van der Waals surface area contributed by atoms with Crippen molar-refractivity contribution in [2.75, 3.05) is 5.75 Å². The molecular formula is C17H18N4OS. The van der Waals surface area contributed by atoms with Crippen LogP contribution in [0.2, 0.25) is 0 Å². The topological polar surface area (TPSA) is 52.2 Å². The summed E-state index contributed by atoms with van der Waals surface area (Å²) in [4.78, 5) is 12.7. The Morgan fingerprint density at radius 2 is 2.04 bits per heavy atom. The minimum atomic E-state index is -0.172. The van der Waals surface area contributed by atoms with Crippen LogP contribution in [0.3, 0.4) is 0 Å². The number of hydrogen-bond donors (Lipinski definition) is 0. The smallest absolute Gasteiger partial charge is 0.279 e. The molecule has 0 unspecified atom stereocenters. The van der Waals surface area contributed by atoms with E-state index < -0.39 is 0 Å². The van der Waals surface area contributed by atoms with Gasteiger partial charge in [0.2, 0.25) is 5.65 Å². The highest BCUT2D eigenvalue weighted by atomic mass is 32.2. The van der Waals surface area contributed by atoms with Gasteiger partial charge in [-0.15, -0.1) is 10.2 Å². The van der Waals surface area contributed by atoms with E-state index in [1.165, 1.54) is 17.3 Å². The molecule has 0 radical (unpaired) electrons. The lowest BCUT2D eigenvalue weighted by atomic mass is 10.1. The lowest BCUT2D eigenvalue weighted by Crippen LogP contribution is -2.21. The highest BCUT2D eigenvalue weighted by Gasteiger charge is 2.12. The minimum Gasteiger partial charge on any atom is -0.279 e. The number of aromatic nitrogens is 4. The molecule has 0 aliphatic heterocycles. The van der Waals surface area contributed by atoms with Crippen LogP contribution in [0, 0.1) is 13.8 Å². The van der Waals surface area contributed by atoms with Gasteiger partial charge in [-0.05, 0) is 32.4 Å². The Morgan fingerprint density at radius 3 is 2.74 bits per heavy atom. The molecular weight excluding hydrogens is 308 g/mol. The van der Waals surface area contributed by atoms with Crippen molar-refractivity contribution in [3.63, 3.8) is 0 Å². The van der Waals surface area contributed by atoms with Crippen LogP contribution in [0.4, 0.5) is 0 Å². The molecule has 0 atom stereocenters. The number of rotatable bonds is 4. The van der Waals surface area contributed by atoms with Crippen LogP contribution in [-0.4, -0.2) is 24.9 Å². The molecule has 3 rings (SSSR count).